The Bertz CT molecular complexity index is 301. The summed E-state index contributed by atoms with van der Waals surface area (Å²) in [6.45, 7) is 12.4. The van der Waals surface area contributed by atoms with Crippen LogP contribution in [0.3, 0.4) is 0 Å². The first-order valence-electron chi connectivity index (χ1n) is 6.95. The van der Waals surface area contributed by atoms with Crippen LogP contribution in [0.25, 0.3) is 0 Å². The van der Waals surface area contributed by atoms with Gasteiger partial charge in [-0.15, -0.1) is 0 Å². The maximum Gasteiger partial charge on any atom is 0.326 e. The van der Waals surface area contributed by atoms with Gasteiger partial charge in [0.2, 0.25) is 0 Å². The molecule has 0 radical (unpaired) electrons. The van der Waals surface area contributed by atoms with Gasteiger partial charge in [-0.1, -0.05) is 27.7 Å². The lowest BCUT2D eigenvalue weighted by atomic mass is 10.0. The lowest BCUT2D eigenvalue weighted by Crippen LogP contribution is -2.51. The van der Waals surface area contributed by atoms with Gasteiger partial charge in [-0.2, -0.15) is 0 Å². The molecular weight excluding hydrogens is 244 g/mol. The molecule has 0 bridgehead atoms. The minimum Gasteiger partial charge on any atom is -0.480 e. The molecule has 0 aromatic carbocycles. The Morgan fingerprint density at radius 2 is 1.58 bits per heavy atom. The number of carboxylic acids is 1. The van der Waals surface area contributed by atoms with Crippen LogP contribution in [0.1, 0.15) is 48.0 Å². The molecule has 1 atom stereocenters. The molecule has 5 heteroatoms. The number of hydrogen-bond acceptors (Lipinski definition) is 2. The Morgan fingerprint density at radius 1 is 1.05 bits per heavy atom. The summed E-state index contributed by atoms with van der Waals surface area (Å²) in [6, 6.07) is -1.06. The third kappa shape index (κ3) is 7.03. The molecule has 0 saturated heterocycles. The van der Waals surface area contributed by atoms with Gasteiger partial charge < -0.3 is 15.3 Å². The third-order valence-corrected chi connectivity index (χ3v) is 2.75. The molecule has 0 heterocycles. The van der Waals surface area contributed by atoms with Crippen LogP contribution >= 0.6 is 0 Å². The average molecular weight is 272 g/mol. The summed E-state index contributed by atoms with van der Waals surface area (Å²) >= 11 is 0. The molecule has 19 heavy (non-hydrogen) atoms. The predicted octanol–water partition coefficient (Wildman–Crippen LogP) is 2.56. The van der Waals surface area contributed by atoms with Crippen LogP contribution in [-0.4, -0.2) is 40.6 Å². The van der Waals surface area contributed by atoms with E-state index in [-0.39, 0.29) is 18.0 Å². The van der Waals surface area contributed by atoms with Crippen LogP contribution in [0, 0.1) is 11.8 Å². The summed E-state index contributed by atoms with van der Waals surface area (Å²) < 4.78 is 0. The van der Waals surface area contributed by atoms with Crippen LogP contribution in [-0.2, 0) is 4.79 Å². The second-order valence-corrected chi connectivity index (χ2v) is 6.11. The number of aliphatic carboxylic acids is 1. The molecule has 0 aromatic heterocycles. The van der Waals surface area contributed by atoms with Gasteiger partial charge in [0.05, 0.1) is 0 Å². The van der Waals surface area contributed by atoms with Crippen LogP contribution in [0.2, 0.25) is 0 Å². The number of carbonyl (C=O) groups is 2. The summed E-state index contributed by atoms with van der Waals surface area (Å²) in [6.07, 6.45) is 0.439. The molecule has 0 spiro atoms. The first-order valence-corrected chi connectivity index (χ1v) is 6.95. The number of nitrogens with one attached hydrogen (secondary N) is 1. The molecule has 2 N–H and O–H groups in total. The van der Waals surface area contributed by atoms with E-state index in [9.17, 15) is 9.59 Å². The number of carboxylic acid groups (broad SMARTS) is 1. The zero-order valence-corrected chi connectivity index (χ0v) is 12.9. The molecule has 0 aliphatic heterocycles. The molecule has 0 aliphatic carbocycles. The monoisotopic (exact) mass is 272 g/mol. The standard InChI is InChI=1S/C14H28N2O3/c1-9(2)7-12(13(17)18)15-14(19)16(11(5)6)8-10(3)4/h9-12H,7-8H2,1-6H3,(H,15,19)(H,17,18). The Balaban J connectivity index is 4.71. The van der Waals surface area contributed by atoms with E-state index in [1.807, 2.05) is 41.5 Å². The first kappa shape index (κ1) is 17.7. The number of nitrogens with zero attached hydrogens (tertiary/aromatic N) is 1. The average Bonchev–Trinajstić information content (AvgIpc) is 2.23. The lowest BCUT2D eigenvalue weighted by Gasteiger charge is -2.30. The lowest BCUT2D eigenvalue weighted by molar-refractivity contribution is -0.139. The topological polar surface area (TPSA) is 69.6 Å². The number of amides is 2. The summed E-state index contributed by atoms with van der Waals surface area (Å²) in [7, 11) is 0. The molecule has 0 saturated carbocycles. The summed E-state index contributed by atoms with van der Waals surface area (Å²) in [5.41, 5.74) is 0. The van der Waals surface area contributed by atoms with Crippen LogP contribution < -0.4 is 5.32 Å². The molecule has 0 rings (SSSR count). The van der Waals surface area contributed by atoms with E-state index in [2.05, 4.69) is 5.32 Å². The quantitative estimate of drug-likeness (QED) is 0.748. The van der Waals surface area contributed by atoms with E-state index in [1.54, 1.807) is 4.90 Å². The van der Waals surface area contributed by atoms with Crippen molar-refractivity contribution in [3.8, 4) is 0 Å². The molecule has 112 valence electrons. The van der Waals surface area contributed by atoms with E-state index in [0.717, 1.165) is 0 Å². The Labute approximate surface area is 116 Å². The molecule has 0 aromatic rings. The molecular formula is C14H28N2O3. The summed E-state index contributed by atoms with van der Waals surface area (Å²) in [4.78, 5) is 25.0. The highest BCUT2D eigenvalue weighted by molar-refractivity contribution is 5.82. The van der Waals surface area contributed by atoms with Crippen LogP contribution in [0.15, 0.2) is 0 Å². The Hall–Kier alpha value is -1.26. The number of carbonyl (C=O) groups excluding carboxylic acids is 1. The minimum atomic E-state index is -0.977. The van der Waals surface area contributed by atoms with E-state index in [1.165, 1.54) is 0 Å². The summed E-state index contributed by atoms with van der Waals surface area (Å²) in [5, 5.41) is 11.8. The van der Waals surface area contributed by atoms with Crippen molar-refractivity contribution in [1.82, 2.24) is 10.2 Å². The van der Waals surface area contributed by atoms with Gasteiger partial charge in [0, 0.05) is 12.6 Å². The van der Waals surface area contributed by atoms with Crippen molar-refractivity contribution in [2.45, 2.75) is 60.0 Å². The van der Waals surface area contributed by atoms with Gasteiger partial charge in [-0.3, -0.25) is 0 Å². The Kier molecular flexibility index (Phi) is 7.49. The van der Waals surface area contributed by atoms with Crippen molar-refractivity contribution < 1.29 is 14.7 Å². The van der Waals surface area contributed by atoms with E-state index in [0.29, 0.717) is 18.9 Å². The number of rotatable bonds is 7. The fourth-order valence-corrected chi connectivity index (χ4v) is 1.85. The van der Waals surface area contributed by atoms with Crippen molar-refractivity contribution in [3.63, 3.8) is 0 Å². The fraction of sp³-hybridized carbons (Fsp3) is 0.857. The van der Waals surface area contributed by atoms with Gasteiger partial charge in [0.15, 0.2) is 0 Å². The predicted molar refractivity (Wildman–Crippen MR) is 76.1 cm³/mol. The highest BCUT2D eigenvalue weighted by Crippen LogP contribution is 2.08. The van der Waals surface area contributed by atoms with Crippen LogP contribution in [0.4, 0.5) is 4.79 Å². The first-order chi connectivity index (χ1) is 8.65. The minimum absolute atomic E-state index is 0.0518. The van der Waals surface area contributed by atoms with E-state index >= 15 is 0 Å². The van der Waals surface area contributed by atoms with Crippen molar-refractivity contribution in [3.05, 3.63) is 0 Å². The van der Waals surface area contributed by atoms with Gasteiger partial charge in [0.25, 0.3) is 0 Å². The maximum atomic E-state index is 12.2. The molecule has 5 nitrogen and oxygen atoms in total. The fourth-order valence-electron chi connectivity index (χ4n) is 1.85. The zero-order chi connectivity index (χ0) is 15.2. The van der Waals surface area contributed by atoms with Crippen molar-refractivity contribution in [2.75, 3.05) is 6.54 Å². The summed E-state index contributed by atoms with van der Waals surface area (Å²) in [5.74, 6) is -0.407. The SMILES string of the molecule is CC(C)CC(NC(=O)N(CC(C)C)C(C)C)C(=O)O. The largest absolute Gasteiger partial charge is 0.480 e. The zero-order valence-electron chi connectivity index (χ0n) is 12.9. The van der Waals surface area contributed by atoms with Crippen molar-refractivity contribution in [1.29, 1.82) is 0 Å². The molecule has 0 fully saturated rings. The highest BCUT2D eigenvalue weighted by Gasteiger charge is 2.25. The van der Waals surface area contributed by atoms with Crippen LogP contribution in [0.5, 0.6) is 0 Å². The smallest absolute Gasteiger partial charge is 0.326 e. The maximum absolute atomic E-state index is 12.2. The van der Waals surface area contributed by atoms with Crippen molar-refractivity contribution in [2.24, 2.45) is 11.8 Å². The third-order valence-electron chi connectivity index (χ3n) is 2.75. The molecule has 0 aliphatic rings. The highest BCUT2D eigenvalue weighted by atomic mass is 16.4. The van der Waals surface area contributed by atoms with Gasteiger partial charge in [0.1, 0.15) is 6.04 Å². The van der Waals surface area contributed by atoms with Gasteiger partial charge >= 0.3 is 12.0 Å². The number of hydrogen-bond donors (Lipinski definition) is 2. The van der Waals surface area contributed by atoms with E-state index < -0.39 is 12.0 Å². The van der Waals surface area contributed by atoms with Gasteiger partial charge in [-0.25, -0.2) is 9.59 Å². The second-order valence-electron chi connectivity index (χ2n) is 6.11. The van der Waals surface area contributed by atoms with Gasteiger partial charge in [-0.05, 0) is 32.1 Å². The molecule has 2 amide bonds. The normalized spacial score (nSPS) is 12.9. The van der Waals surface area contributed by atoms with E-state index in [4.69, 9.17) is 5.11 Å². The number of urea groups is 1. The molecule has 1 unspecified atom stereocenters. The Morgan fingerprint density at radius 3 is 1.89 bits per heavy atom. The second kappa shape index (κ2) is 8.02. The van der Waals surface area contributed by atoms with Crippen molar-refractivity contribution >= 4 is 12.0 Å².